The van der Waals surface area contributed by atoms with Crippen LogP contribution in [0.5, 0.6) is 0 Å². The number of aromatic carboxylic acids is 1. The zero-order valence-electron chi connectivity index (χ0n) is 11.4. The molecule has 0 aromatic heterocycles. The van der Waals surface area contributed by atoms with Gasteiger partial charge in [-0.25, -0.2) is 17.6 Å². The molecule has 0 spiro atoms. The van der Waals surface area contributed by atoms with Crippen LogP contribution in [0.1, 0.15) is 23.7 Å². The summed E-state index contributed by atoms with van der Waals surface area (Å²) in [5.74, 6) is -2.45. The predicted octanol–water partition coefficient (Wildman–Crippen LogP) is 0.915. The topological polar surface area (TPSA) is 94.9 Å². The third-order valence-electron chi connectivity index (χ3n) is 3.66. The molecular weight excluding hydrogens is 301 g/mol. The van der Waals surface area contributed by atoms with Crippen molar-refractivity contribution in [3.63, 3.8) is 0 Å². The van der Waals surface area contributed by atoms with Gasteiger partial charge in [-0.2, -0.15) is 4.31 Å². The predicted molar refractivity (Wildman–Crippen MR) is 71.9 cm³/mol. The van der Waals surface area contributed by atoms with Crippen LogP contribution >= 0.6 is 0 Å². The first kappa shape index (κ1) is 15.9. The Balaban J connectivity index is 2.41. The average Bonchev–Trinajstić information content (AvgIpc) is 2.88. The molecule has 8 heteroatoms. The Morgan fingerprint density at radius 1 is 1.48 bits per heavy atom. The highest BCUT2D eigenvalue weighted by molar-refractivity contribution is 7.89. The molecule has 1 aromatic rings. The Morgan fingerprint density at radius 3 is 2.67 bits per heavy atom. The summed E-state index contributed by atoms with van der Waals surface area (Å²) in [5, 5.41) is 18.6. The first-order chi connectivity index (χ1) is 9.73. The fraction of sp³-hybridized carbons (Fsp3) is 0.462. The molecule has 116 valence electrons. The number of carboxylic acid groups (broad SMARTS) is 1. The van der Waals surface area contributed by atoms with E-state index in [9.17, 15) is 22.7 Å². The summed E-state index contributed by atoms with van der Waals surface area (Å²) >= 11 is 0. The monoisotopic (exact) mass is 317 g/mol. The van der Waals surface area contributed by atoms with E-state index < -0.39 is 38.4 Å². The lowest BCUT2D eigenvalue weighted by molar-refractivity contribution is 0.0692. The lowest BCUT2D eigenvalue weighted by atomic mass is 10.0. The molecule has 21 heavy (non-hydrogen) atoms. The second kappa shape index (κ2) is 5.70. The molecule has 1 fully saturated rings. The van der Waals surface area contributed by atoms with Crippen LogP contribution in [-0.2, 0) is 10.0 Å². The van der Waals surface area contributed by atoms with Crippen molar-refractivity contribution in [2.24, 2.45) is 5.92 Å². The summed E-state index contributed by atoms with van der Waals surface area (Å²) in [6.07, 6.45) is -0.175. The number of sulfonamides is 1. The minimum atomic E-state index is -4.10. The van der Waals surface area contributed by atoms with Gasteiger partial charge in [0.1, 0.15) is 5.82 Å². The molecule has 1 heterocycles. The maximum Gasteiger partial charge on any atom is 0.337 e. The van der Waals surface area contributed by atoms with E-state index in [0.29, 0.717) is 12.5 Å². The van der Waals surface area contributed by atoms with Crippen molar-refractivity contribution in [2.75, 3.05) is 13.1 Å². The van der Waals surface area contributed by atoms with Crippen molar-refractivity contribution in [1.29, 1.82) is 0 Å². The van der Waals surface area contributed by atoms with Crippen LogP contribution in [0.4, 0.5) is 4.39 Å². The second-order valence-electron chi connectivity index (χ2n) is 5.10. The van der Waals surface area contributed by atoms with Gasteiger partial charge in [0.15, 0.2) is 0 Å². The van der Waals surface area contributed by atoms with Crippen molar-refractivity contribution in [3.05, 3.63) is 29.6 Å². The van der Waals surface area contributed by atoms with Crippen molar-refractivity contribution in [2.45, 2.75) is 24.3 Å². The third kappa shape index (κ3) is 3.07. The number of aliphatic hydroxyl groups is 1. The minimum Gasteiger partial charge on any atom is -0.478 e. The Morgan fingerprint density at radius 2 is 2.14 bits per heavy atom. The zero-order valence-corrected chi connectivity index (χ0v) is 12.2. The molecule has 1 aromatic carbocycles. The number of benzene rings is 1. The summed E-state index contributed by atoms with van der Waals surface area (Å²) in [6.45, 7) is 1.84. The molecule has 1 aliphatic heterocycles. The van der Waals surface area contributed by atoms with Gasteiger partial charge >= 0.3 is 5.97 Å². The van der Waals surface area contributed by atoms with Gasteiger partial charge in [0.2, 0.25) is 10.0 Å². The first-order valence-electron chi connectivity index (χ1n) is 6.44. The number of rotatable bonds is 4. The fourth-order valence-electron chi connectivity index (χ4n) is 2.39. The number of aliphatic hydroxyl groups excluding tert-OH is 1. The number of nitrogens with zero attached hydrogens (tertiary/aromatic N) is 1. The van der Waals surface area contributed by atoms with Gasteiger partial charge in [-0.1, -0.05) is 0 Å². The molecule has 6 nitrogen and oxygen atoms in total. The molecule has 2 N–H and O–H groups in total. The van der Waals surface area contributed by atoms with E-state index in [1.54, 1.807) is 6.92 Å². The maximum absolute atomic E-state index is 13.3. The van der Waals surface area contributed by atoms with Crippen molar-refractivity contribution < 1.29 is 27.8 Å². The van der Waals surface area contributed by atoms with Crippen LogP contribution < -0.4 is 0 Å². The average molecular weight is 317 g/mol. The Hall–Kier alpha value is -1.51. The molecule has 1 aliphatic rings. The van der Waals surface area contributed by atoms with Crippen LogP contribution in [-0.4, -0.2) is 48.1 Å². The smallest absolute Gasteiger partial charge is 0.337 e. The molecule has 2 unspecified atom stereocenters. The zero-order chi connectivity index (χ0) is 15.8. The summed E-state index contributed by atoms with van der Waals surface area (Å²) < 4.78 is 39.4. The van der Waals surface area contributed by atoms with E-state index in [-0.39, 0.29) is 19.0 Å². The molecule has 1 saturated heterocycles. The van der Waals surface area contributed by atoms with E-state index in [4.69, 9.17) is 5.11 Å². The van der Waals surface area contributed by atoms with Gasteiger partial charge in [0.05, 0.1) is 16.6 Å². The lowest BCUT2D eigenvalue weighted by Crippen LogP contribution is -2.31. The number of halogens is 1. The Kier molecular flexibility index (Phi) is 4.31. The van der Waals surface area contributed by atoms with E-state index in [1.165, 1.54) is 0 Å². The second-order valence-corrected chi connectivity index (χ2v) is 7.00. The highest BCUT2D eigenvalue weighted by Gasteiger charge is 2.36. The molecule has 2 atom stereocenters. The molecule has 0 aliphatic carbocycles. The number of hydrogen-bond donors (Lipinski definition) is 2. The SMILES string of the molecule is CC(O)C1CCN(S(=O)(=O)c2cc(F)ccc2C(=O)O)C1. The van der Waals surface area contributed by atoms with Crippen LogP contribution in [0.2, 0.25) is 0 Å². The van der Waals surface area contributed by atoms with Crippen LogP contribution in [0.15, 0.2) is 23.1 Å². The van der Waals surface area contributed by atoms with Crippen molar-refractivity contribution in [3.8, 4) is 0 Å². The van der Waals surface area contributed by atoms with Crippen LogP contribution in [0.25, 0.3) is 0 Å². The molecular formula is C13H16FNO5S. The lowest BCUT2D eigenvalue weighted by Gasteiger charge is -2.18. The summed E-state index contributed by atoms with van der Waals surface area (Å²) in [7, 11) is -4.10. The number of hydrogen-bond acceptors (Lipinski definition) is 4. The van der Waals surface area contributed by atoms with E-state index in [1.807, 2.05) is 0 Å². The quantitative estimate of drug-likeness (QED) is 0.861. The Bertz CT molecular complexity index is 659. The van der Waals surface area contributed by atoms with Crippen LogP contribution in [0, 0.1) is 11.7 Å². The summed E-state index contributed by atoms with van der Waals surface area (Å²) in [4.78, 5) is 10.6. The summed E-state index contributed by atoms with van der Waals surface area (Å²) in [5.41, 5.74) is -0.461. The first-order valence-corrected chi connectivity index (χ1v) is 7.88. The van der Waals surface area contributed by atoms with Gasteiger partial charge in [-0.15, -0.1) is 0 Å². The highest BCUT2D eigenvalue weighted by atomic mass is 32.2. The van der Waals surface area contributed by atoms with Crippen molar-refractivity contribution in [1.82, 2.24) is 4.31 Å². The number of carboxylic acids is 1. The van der Waals surface area contributed by atoms with E-state index in [2.05, 4.69) is 0 Å². The molecule has 0 bridgehead atoms. The van der Waals surface area contributed by atoms with E-state index >= 15 is 0 Å². The van der Waals surface area contributed by atoms with Gasteiger partial charge in [-0.3, -0.25) is 0 Å². The highest BCUT2D eigenvalue weighted by Crippen LogP contribution is 2.28. The molecule has 0 amide bonds. The van der Waals surface area contributed by atoms with Crippen molar-refractivity contribution >= 4 is 16.0 Å². The fourth-order valence-corrected chi connectivity index (χ4v) is 4.10. The van der Waals surface area contributed by atoms with Gasteiger partial charge in [-0.05, 0) is 37.5 Å². The largest absolute Gasteiger partial charge is 0.478 e. The minimum absolute atomic E-state index is 0.0928. The maximum atomic E-state index is 13.3. The van der Waals surface area contributed by atoms with Gasteiger partial charge in [0.25, 0.3) is 0 Å². The van der Waals surface area contributed by atoms with Gasteiger partial charge < -0.3 is 10.2 Å². The normalized spacial score (nSPS) is 21.4. The molecule has 0 radical (unpaired) electrons. The Labute approximate surface area is 121 Å². The number of carbonyl (C=O) groups is 1. The molecule has 0 saturated carbocycles. The molecule has 2 rings (SSSR count). The third-order valence-corrected chi connectivity index (χ3v) is 5.57. The van der Waals surface area contributed by atoms with E-state index in [0.717, 1.165) is 16.4 Å². The van der Waals surface area contributed by atoms with Gasteiger partial charge in [0, 0.05) is 13.1 Å². The van der Waals surface area contributed by atoms with Crippen LogP contribution in [0.3, 0.4) is 0 Å². The summed E-state index contributed by atoms with van der Waals surface area (Å²) in [6, 6.07) is 2.56. The standard InChI is InChI=1S/C13H16FNO5S/c1-8(16)9-4-5-15(7-9)21(19,20)12-6-10(14)2-3-11(12)13(17)18/h2-3,6,8-9,16H,4-5,7H2,1H3,(H,17,18).